The van der Waals surface area contributed by atoms with Crippen molar-refractivity contribution in [3.05, 3.63) is 58.3 Å². The molecule has 1 aliphatic heterocycles. The van der Waals surface area contributed by atoms with Crippen LogP contribution in [0.4, 0.5) is 14.9 Å². The average Bonchev–Trinajstić information content (AvgIpc) is 2.70. The van der Waals surface area contributed by atoms with E-state index in [2.05, 4.69) is 26.6 Å². The van der Waals surface area contributed by atoms with E-state index >= 15 is 0 Å². The van der Waals surface area contributed by atoms with E-state index < -0.39 is 16.1 Å². The highest BCUT2D eigenvalue weighted by Gasteiger charge is 2.25. The molecular weight excluding hydrogens is 449 g/mol. The lowest BCUT2D eigenvalue weighted by Gasteiger charge is -2.25. The summed E-state index contributed by atoms with van der Waals surface area (Å²) in [5.74, 6) is -0.368. The molecule has 150 valence electrons. The smallest absolute Gasteiger partial charge is 0.319 e. The molecule has 1 fully saturated rings. The van der Waals surface area contributed by atoms with E-state index in [1.165, 1.54) is 22.5 Å². The summed E-state index contributed by atoms with van der Waals surface area (Å²) in [6.45, 7) is 1.32. The molecule has 1 saturated heterocycles. The van der Waals surface area contributed by atoms with Gasteiger partial charge in [0.05, 0.1) is 9.37 Å². The van der Waals surface area contributed by atoms with E-state index in [1.807, 2.05) is 0 Å². The number of anilines is 1. The summed E-state index contributed by atoms with van der Waals surface area (Å²) in [5.41, 5.74) is 1.22. The molecule has 6 nitrogen and oxygen atoms in total. The maximum Gasteiger partial charge on any atom is 0.319 e. The van der Waals surface area contributed by atoms with Crippen molar-refractivity contribution < 1.29 is 17.6 Å². The van der Waals surface area contributed by atoms with Crippen LogP contribution in [-0.4, -0.2) is 31.8 Å². The summed E-state index contributed by atoms with van der Waals surface area (Å²) in [6.07, 6.45) is 2.81. The minimum absolute atomic E-state index is 0.219. The van der Waals surface area contributed by atoms with Crippen molar-refractivity contribution in [2.75, 3.05) is 18.4 Å². The lowest BCUT2D eigenvalue weighted by molar-refractivity contribution is 0.251. The number of piperidine rings is 1. The van der Waals surface area contributed by atoms with Crippen LogP contribution in [0.25, 0.3) is 0 Å². The molecule has 2 amide bonds. The quantitative estimate of drug-likeness (QED) is 0.691. The highest BCUT2D eigenvalue weighted by molar-refractivity contribution is 9.10. The number of rotatable bonds is 5. The Kier molecular flexibility index (Phi) is 6.69. The molecule has 1 heterocycles. The standard InChI is InChI=1S/C19H21BrFN3O3S/c20-17-12-14(4-9-18(17)21)13-22-19(25)23-15-5-7-16(8-6-15)28(26,27)24-10-2-1-3-11-24/h4-9,12H,1-3,10-11,13H2,(H2,22,23,25). The molecule has 0 aliphatic carbocycles. The molecule has 0 saturated carbocycles. The van der Waals surface area contributed by atoms with Crippen molar-refractivity contribution in [2.45, 2.75) is 30.7 Å². The van der Waals surface area contributed by atoms with E-state index in [0.717, 1.165) is 24.8 Å². The molecular formula is C19H21BrFN3O3S. The number of carbonyl (C=O) groups excluding carboxylic acids is 1. The van der Waals surface area contributed by atoms with Crippen LogP contribution in [0.15, 0.2) is 51.8 Å². The van der Waals surface area contributed by atoms with Gasteiger partial charge in [0.1, 0.15) is 5.82 Å². The number of amides is 2. The third-order valence-corrected chi connectivity index (χ3v) is 7.02. The van der Waals surface area contributed by atoms with Crippen molar-refractivity contribution in [1.29, 1.82) is 0 Å². The van der Waals surface area contributed by atoms with E-state index in [-0.39, 0.29) is 17.3 Å². The topological polar surface area (TPSA) is 78.5 Å². The zero-order valence-electron chi connectivity index (χ0n) is 15.1. The number of hydrogen-bond acceptors (Lipinski definition) is 3. The number of sulfonamides is 1. The minimum atomic E-state index is -3.49. The number of halogens is 2. The molecule has 0 atom stereocenters. The zero-order valence-corrected chi connectivity index (χ0v) is 17.5. The Hall–Kier alpha value is -1.97. The van der Waals surface area contributed by atoms with Crippen molar-refractivity contribution in [2.24, 2.45) is 0 Å². The van der Waals surface area contributed by atoms with Gasteiger partial charge in [0, 0.05) is 25.3 Å². The number of nitrogens with one attached hydrogen (secondary N) is 2. The molecule has 2 aromatic carbocycles. The third kappa shape index (κ3) is 5.09. The molecule has 2 aromatic rings. The third-order valence-electron chi connectivity index (χ3n) is 4.50. The molecule has 0 unspecified atom stereocenters. The molecule has 0 bridgehead atoms. The van der Waals surface area contributed by atoms with Crippen LogP contribution in [0.3, 0.4) is 0 Å². The Balaban J connectivity index is 1.57. The van der Waals surface area contributed by atoms with E-state index in [0.29, 0.717) is 23.2 Å². The molecule has 0 spiro atoms. The number of nitrogens with zero attached hydrogens (tertiary/aromatic N) is 1. The summed E-state index contributed by atoms with van der Waals surface area (Å²) >= 11 is 3.10. The van der Waals surface area contributed by atoms with Crippen molar-refractivity contribution >= 4 is 37.7 Å². The minimum Gasteiger partial charge on any atom is -0.334 e. The number of hydrogen-bond donors (Lipinski definition) is 2. The SMILES string of the molecule is O=C(NCc1ccc(F)c(Br)c1)Nc1ccc(S(=O)(=O)N2CCCCC2)cc1. The van der Waals surface area contributed by atoms with Gasteiger partial charge in [0.2, 0.25) is 10.0 Å². The summed E-state index contributed by atoms with van der Waals surface area (Å²) in [4.78, 5) is 12.3. The van der Waals surface area contributed by atoms with Crippen LogP contribution < -0.4 is 10.6 Å². The second kappa shape index (κ2) is 9.02. The van der Waals surface area contributed by atoms with Crippen LogP contribution in [0.2, 0.25) is 0 Å². The fourth-order valence-corrected chi connectivity index (χ4v) is 4.92. The molecule has 0 aromatic heterocycles. The van der Waals surface area contributed by atoms with Crippen LogP contribution >= 0.6 is 15.9 Å². The Labute approximate surface area is 172 Å². The predicted molar refractivity (Wildman–Crippen MR) is 109 cm³/mol. The van der Waals surface area contributed by atoms with Gasteiger partial charge in [-0.3, -0.25) is 0 Å². The zero-order chi connectivity index (χ0) is 20.1. The molecule has 9 heteroatoms. The largest absolute Gasteiger partial charge is 0.334 e. The molecule has 1 aliphatic rings. The first-order valence-corrected chi connectivity index (χ1v) is 11.2. The van der Waals surface area contributed by atoms with E-state index in [9.17, 15) is 17.6 Å². The maximum absolute atomic E-state index is 13.2. The first kappa shape index (κ1) is 20.8. The Morgan fingerprint density at radius 1 is 1.07 bits per heavy atom. The van der Waals surface area contributed by atoms with Gasteiger partial charge in [-0.1, -0.05) is 12.5 Å². The van der Waals surface area contributed by atoms with Gasteiger partial charge in [-0.25, -0.2) is 17.6 Å². The summed E-state index contributed by atoms with van der Waals surface area (Å²) in [5, 5.41) is 5.32. The first-order chi connectivity index (χ1) is 13.4. The second-order valence-electron chi connectivity index (χ2n) is 6.55. The van der Waals surface area contributed by atoms with Crippen LogP contribution in [0.1, 0.15) is 24.8 Å². The number of urea groups is 1. The van der Waals surface area contributed by atoms with Gasteiger partial charge in [0.25, 0.3) is 0 Å². The summed E-state index contributed by atoms with van der Waals surface area (Å²) < 4.78 is 40.3. The van der Waals surface area contributed by atoms with E-state index in [1.54, 1.807) is 24.3 Å². The fourth-order valence-electron chi connectivity index (χ4n) is 2.97. The Morgan fingerprint density at radius 3 is 2.39 bits per heavy atom. The Bertz CT molecular complexity index is 945. The van der Waals surface area contributed by atoms with Crippen molar-refractivity contribution in [3.63, 3.8) is 0 Å². The van der Waals surface area contributed by atoms with Crippen LogP contribution in [0, 0.1) is 5.82 Å². The van der Waals surface area contributed by atoms with Gasteiger partial charge in [-0.2, -0.15) is 4.31 Å². The van der Waals surface area contributed by atoms with Gasteiger partial charge in [0.15, 0.2) is 0 Å². The molecule has 28 heavy (non-hydrogen) atoms. The molecule has 0 radical (unpaired) electrons. The van der Waals surface area contributed by atoms with Gasteiger partial charge >= 0.3 is 6.03 Å². The normalized spacial score (nSPS) is 15.2. The van der Waals surface area contributed by atoms with Crippen LogP contribution in [-0.2, 0) is 16.6 Å². The maximum atomic E-state index is 13.2. The highest BCUT2D eigenvalue weighted by atomic mass is 79.9. The van der Waals surface area contributed by atoms with E-state index in [4.69, 9.17) is 0 Å². The first-order valence-electron chi connectivity index (χ1n) is 8.95. The van der Waals surface area contributed by atoms with Crippen molar-refractivity contribution in [1.82, 2.24) is 9.62 Å². The highest BCUT2D eigenvalue weighted by Crippen LogP contribution is 2.22. The number of carbonyl (C=O) groups is 1. The van der Waals surface area contributed by atoms with Gasteiger partial charge in [-0.05, 0) is 70.7 Å². The lowest BCUT2D eigenvalue weighted by atomic mass is 10.2. The summed E-state index contributed by atoms with van der Waals surface area (Å²) in [6, 6.07) is 10.2. The number of benzene rings is 2. The van der Waals surface area contributed by atoms with Gasteiger partial charge < -0.3 is 10.6 Å². The Morgan fingerprint density at radius 2 is 1.75 bits per heavy atom. The second-order valence-corrected chi connectivity index (χ2v) is 9.34. The predicted octanol–water partition coefficient (Wildman–Crippen LogP) is 4.08. The average molecular weight is 470 g/mol. The molecule has 3 rings (SSSR count). The fraction of sp³-hybridized carbons (Fsp3) is 0.316. The molecule has 2 N–H and O–H groups in total. The lowest BCUT2D eigenvalue weighted by Crippen LogP contribution is -2.35. The van der Waals surface area contributed by atoms with Crippen LogP contribution in [0.5, 0.6) is 0 Å². The van der Waals surface area contributed by atoms with Crippen molar-refractivity contribution in [3.8, 4) is 0 Å². The monoisotopic (exact) mass is 469 g/mol. The van der Waals surface area contributed by atoms with Gasteiger partial charge in [-0.15, -0.1) is 0 Å². The summed E-state index contributed by atoms with van der Waals surface area (Å²) in [7, 11) is -3.49.